The summed E-state index contributed by atoms with van der Waals surface area (Å²) in [5.41, 5.74) is 0. The van der Waals surface area contributed by atoms with Gasteiger partial charge in [-0.05, 0) is 42.5 Å². The highest BCUT2D eigenvalue weighted by Crippen LogP contribution is 2.30. The summed E-state index contributed by atoms with van der Waals surface area (Å²) >= 11 is 0. The maximum atomic E-state index is 12.8. The fourth-order valence-electron chi connectivity index (χ4n) is 2.59. The van der Waals surface area contributed by atoms with Crippen molar-refractivity contribution in [2.75, 3.05) is 13.1 Å². The molecular formula is C18H26N2O5S2. The molecule has 0 saturated heterocycles. The van der Waals surface area contributed by atoms with Gasteiger partial charge in [-0.3, -0.25) is 0 Å². The van der Waals surface area contributed by atoms with Crippen LogP contribution in [0.2, 0.25) is 0 Å². The van der Waals surface area contributed by atoms with E-state index in [1.165, 1.54) is 24.3 Å². The first-order valence-electron chi connectivity index (χ1n) is 8.97. The van der Waals surface area contributed by atoms with E-state index in [2.05, 4.69) is 9.44 Å². The summed E-state index contributed by atoms with van der Waals surface area (Å²) in [4.78, 5) is -0.282. The van der Waals surface area contributed by atoms with E-state index in [-0.39, 0.29) is 34.0 Å². The summed E-state index contributed by atoms with van der Waals surface area (Å²) in [6.07, 6.45) is 3.00. The molecule has 2 aromatic carbocycles. The molecule has 0 saturated carbocycles. The Hall–Kier alpha value is -1.68. The molecule has 0 aliphatic heterocycles. The minimum atomic E-state index is -3.94. The maximum absolute atomic E-state index is 12.8. The smallest absolute Gasteiger partial charge is 0.241 e. The van der Waals surface area contributed by atoms with Crippen molar-refractivity contribution >= 4 is 30.8 Å². The molecule has 0 radical (unpaired) electrons. The molecule has 0 heterocycles. The van der Waals surface area contributed by atoms with Gasteiger partial charge in [0, 0.05) is 18.5 Å². The summed E-state index contributed by atoms with van der Waals surface area (Å²) in [5, 5.41) is 10.4. The number of hydrogen-bond acceptors (Lipinski definition) is 5. The summed E-state index contributed by atoms with van der Waals surface area (Å²) in [6.45, 7) is 4.43. The van der Waals surface area contributed by atoms with Gasteiger partial charge in [0.15, 0.2) is 0 Å². The molecule has 0 amide bonds. The summed E-state index contributed by atoms with van der Waals surface area (Å²) in [5.74, 6) is -0.0933. The van der Waals surface area contributed by atoms with Crippen LogP contribution in [0.5, 0.6) is 5.75 Å². The zero-order chi connectivity index (χ0) is 20.1. The van der Waals surface area contributed by atoms with Crippen LogP contribution in [0.15, 0.2) is 40.1 Å². The van der Waals surface area contributed by atoms with Crippen molar-refractivity contribution in [2.24, 2.45) is 0 Å². The molecule has 0 aliphatic carbocycles. The minimum absolute atomic E-state index is 0.0933. The summed E-state index contributed by atoms with van der Waals surface area (Å²) < 4.78 is 55.7. The topological polar surface area (TPSA) is 113 Å². The van der Waals surface area contributed by atoms with Gasteiger partial charge < -0.3 is 5.11 Å². The Kier molecular flexibility index (Phi) is 7.21. The van der Waals surface area contributed by atoms with Crippen molar-refractivity contribution in [1.29, 1.82) is 0 Å². The number of fused-ring (bicyclic) bond motifs is 1. The molecule has 3 N–H and O–H groups in total. The summed E-state index contributed by atoms with van der Waals surface area (Å²) in [7, 11) is -7.78. The maximum Gasteiger partial charge on any atom is 0.241 e. The van der Waals surface area contributed by atoms with Gasteiger partial charge in [0.05, 0.1) is 9.79 Å². The quantitative estimate of drug-likeness (QED) is 0.518. The van der Waals surface area contributed by atoms with Crippen molar-refractivity contribution in [2.45, 2.75) is 49.3 Å². The SMILES string of the molecule is CCCCNS(=O)(=O)c1cc(S(=O)(=O)NCCCC)c2cc(O)ccc2c1. The van der Waals surface area contributed by atoms with Crippen molar-refractivity contribution in [3.05, 3.63) is 30.3 Å². The summed E-state index contributed by atoms with van der Waals surface area (Å²) in [6, 6.07) is 6.77. The van der Waals surface area contributed by atoms with Crippen LogP contribution in [0.1, 0.15) is 39.5 Å². The Morgan fingerprint density at radius 1 is 0.852 bits per heavy atom. The van der Waals surface area contributed by atoms with Gasteiger partial charge in [0.1, 0.15) is 5.75 Å². The number of nitrogens with one attached hydrogen (secondary N) is 2. The predicted molar refractivity (Wildman–Crippen MR) is 106 cm³/mol. The molecule has 2 rings (SSSR count). The number of phenolic OH excluding ortho intramolecular Hbond substituents is 1. The lowest BCUT2D eigenvalue weighted by molar-refractivity contribution is 0.476. The molecule has 0 spiro atoms. The lowest BCUT2D eigenvalue weighted by Gasteiger charge is -2.13. The van der Waals surface area contributed by atoms with E-state index in [1.54, 1.807) is 0 Å². The van der Waals surface area contributed by atoms with E-state index in [0.717, 1.165) is 18.9 Å². The number of sulfonamides is 2. The van der Waals surface area contributed by atoms with Crippen molar-refractivity contribution in [3.8, 4) is 5.75 Å². The lowest BCUT2D eigenvalue weighted by atomic mass is 10.1. The number of aromatic hydroxyl groups is 1. The zero-order valence-electron chi connectivity index (χ0n) is 15.5. The first-order chi connectivity index (χ1) is 12.7. The average Bonchev–Trinajstić information content (AvgIpc) is 2.61. The highest BCUT2D eigenvalue weighted by molar-refractivity contribution is 7.90. The van der Waals surface area contributed by atoms with Crippen LogP contribution in [0.4, 0.5) is 0 Å². The first-order valence-corrected chi connectivity index (χ1v) is 11.9. The second kappa shape index (κ2) is 9.01. The van der Waals surface area contributed by atoms with E-state index in [9.17, 15) is 21.9 Å². The number of hydrogen-bond donors (Lipinski definition) is 3. The van der Waals surface area contributed by atoms with E-state index in [4.69, 9.17) is 0 Å². The van der Waals surface area contributed by atoms with Crippen LogP contribution in [0.25, 0.3) is 10.8 Å². The predicted octanol–water partition coefficient (Wildman–Crippen LogP) is 2.70. The van der Waals surface area contributed by atoms with Crippen LogP contribution < -0.4 is 9.44 Å². The van der Waals surface area contributed by atoms with Crippen LogP contribution in [0.3, 0.4) is 0 Å². The Morgan fingerprint density at radius 2 is 1.44 bits per heavy atom. The number of unbranched alkanes of at least 4 members (excludes halogenated alkanes) is 2. The Balaban J connectivity index is 2.58. The molecule has 2 aromatic rings. The number of rotatable bonds is 10. The molecular weight excluding hydrogens is 388 g/mol. The monoisotopic (exact) mass is 414 g/mol. The van der Waals surface area contributed by atoms with Crippen molar-refractivity contribution < 1.29 is 21.9 Å². The molecule has 0 bridgehead atoms. The Bertz CT molecular complexity index is 1000. The second-order valence-corrected chi connectivity index (χ2v) is 9.83. The third-order valence-corrected chi connectivity index (χ3v) is 7.06. The average molecular weight is 415 g/mol. The third-order valence-electron chi connectivity index (χ3n) is 4.12. The van der Waals surface area contributed by atoms with Gasteiger partial charge in [-0.1, -0.05) is 32.8 Å². The molecule has 0 aromatic heterocycles. The van der Waals surface area contributed by atoms with Gasteiger partial charge in [0.2, 0.25) is 20.0 Å². The fraction of sp³-hybridized carbons (Fsp3) is 0.444. The van der Waals surface area contributed by atoms with Gasteiger partial charge in [-0.2, -0.15) is 0 Å². The van der Waals surface area contributed by atoms with E-state index >= 15 is 0 Å². The Morgan fingerprint density at radius 3 is 2.04 bits per heavy atom. The number of phenols is 1. The molecule has 0 aliphatic rings. The minimum Gasteiger partial charge on any atom is -0.508 e. The molecule has 0 atom stereocenters. The van der Waals surface area contributed by atoms with Gasteiger partial charge >= 0.3 is 0 Å². The lowest BCUT2D eigenvalue weighted by Crippen LogP contribution is -2.27. The van der Waals surface area contributed by atoms with Crippen molar-refractivity contribution in [3.63, 3.8) is 0 Å². The fourth-order valence-corrected chi connectivity index (χ4v) is 5.12. The normalized spacial score (nSPS) is 12.5. The molecule has 7 nitrogen and oxygen atoms in total. The number of benzene rings is 2. The standard InChI is InChI=1S/C18H26N2O5S2/c1-3-5-9-19-26(22,23)16-11-14-7-8-15(21)12-17(14)18(13-16)27(24,25)20-10-6-4-2/h7-8,11-13,19-21H,3-6,9-10H2,1-2H3. The molecule has 0 unspecified atom stereocenters. The van der Waals surface area contributed by atoms with Crippen LogP contribution >= 0.6 is 0 Å². The third kappa shape index (κ3) is 5.41. The van der Waals surface area contributed by atoms with Gasteiger partial charge in [0.25, 0.3) is 0 Å². The van der Waals surface area contributed by atoms with Crippen molar-refractivity contribution in [1.82, 2.24) is 9.44 Å². The van der Waals surface area contributed by atoms with Crippen LogP contribution in [-0.2, 0) is 20.0 Å². The molecule has 0 fully saturated rings. The molecule has 9 heteroatoms. The van der Waals surface area contributed by atoms with E-state index < -0.39 is 20.0 Å². The highest BCUT2D eigenvalue weighted by Gasteiger charge is 2.23. The van der Waals surface area contributed by atoms with Gasteiger partial charge in [-0.15, -0.1) is 0 Å². The first kappa shape index (κ1) is 21.6. The van der Waals surface area contributed by atoms with E-state index in [0.29, 0.717) is 18.2 Å². The molecule has 150 valence electrons. The Labute approximate surface area is 160 Å². The largest absolute Gasteiger partial charge is 0.508 e. The molecule has 27 heavy (non-hydrogen) atoms. The van der Waals surface area contributed by atoms with Crippen LogP contribution in [-0.4, -0.2) is 35.0 Å². The zero-order valence-corrected chi connectivity index (χ0v) is 17.2. The van der Waals surface area contributed by atoms with Crippen LogP contribution in [0, 0.1) is 0 Å². The van der Waals surface area contributed by atoms with E-state index in [1.807, 2.05) is 13.8 Å². The second-order valence-electron chi connectivity index (χ2n) is 6.33. The highest BCUT2D eigenvalue weighted by atomic mass is 32.2. The van der Waals surface area contributed by atoms with Gasteiger partial charge in [-0.25, -0.2) is 26.3 Å².